The number of carbonyl (C=O) groups is 2. The number of nitrogens with zero attached hydrogens (tertiary/aromatic N) is 1. The smallest absolute Gasteiger partial charge is 0.278 e. The molecule has 2 amide bonds. The third-order valence-corrected chi connectivity index (χ3v) is 3.16. The van der Waals surface area contributed by atoms with Gasteiger partial charge in [-0.25, -0.2) is 0 Å². The van der Waals surface area contributed by atoms with E-state index >= 15 is 0 Å². The molecule has 0 aromatic heterocycles. The fraction of sp³-hybridized carbons (Fsp3) is 0. The molecule has 0 atom stereocenters. The van der Waals surface area contributed by atoms with Crippen LogP contribution in [0.3, 0.4) is 0 Å². The van der Waals surface area contributed by atoms with Crippen molar-refractivity contribution in [2.24, 2.45) is 0 Å². The number of hydrogen-bond donors (Lipinski definition) is 1. The van der Waals surface area contributed by atoms with Crippen LogP contribution < -0.4 is 0 Å². The monoisotopic (exact) mass is 265 g/mol. The van der Waals surface area contributed by atoms with Gasteiger partial charge in [0.25, 0.3) is 11.8 Å². The lowest BCUT2D eigenvalue weighted by Crippen LogP contribution is -2.25. The Morgan fingerprint density at radius 2 is 1.45 bits per heavy atom. The molecule has 0 bridgehead atoms. The Morgan fingerprint density at radius 1 is 0.800 bits per heavy atom. The second-order valence-corrected chi connectivity index (χ2v) is 4.47. The maximum Gasteiger partial charge on any atom is 0.285 e. The van der Waals surface area contributed by atoms with Crippen LogP contribution in [-0.2, 0) is 0 Å². The van der Waals surface area contributed by atoms with Gasteiger partial charge in [0.15, 0.2) is 0 Å². The zero-order valence-electron chi connectivity index (χ0n) is 10.5. The summed E-state index contributed by atoms with van der Waals surface area (Å²) in [5.74, 6) is -1.36. The van der Waals surface area contributed by atoms with Gasteiger partial charge in [0.05, 0.1) is 11.1 Å². The summed E-state index contributed by atoms with van der Waals surface area (Å²) in [6, 6.07) is 14.6. The molecular weight excluding hydrogens is 254 g/mol. The maximum absolute atomic E-state index is 11.7. The molecule has 0 spiro atoms. The van der Waals surface area contributed by atoms with Crippen molar-refractivity contribution in [1.29, 1.82) is 0 Å². The van der Waals surface area contributed by atoms with Crippen LogP contribution in [-0.4, -0.2) is 22.1 Å². The predicted molar refractivity (Wildman–Crippen MR) is 74.1 cm³/mol. The minimum Gasteiger partial charge on any atom is -0.278 e. The zero-order valence-corrected chi connectivity index (χ0v) is 10.5. The number of fused-ring (bicyclic) bond motifs is 1. The van der Waals surface area contributed by atoms with Gasteiger partial charge < -0.3 is 0 Å². The number of rotatable bonds is 2. The molecule has 4 nitrogen and oxygen atoms in total. The van der Waals surface area contributed by atoms with E-state index in [0.717, 1.165) is 11.1 Å². The second kappa shape index (κ2) is 4.75. The fourth-order valence-electron chi connectivity index (χ4n) is 2.11. The molecule has 2 aromatic rings. The van der Waals surface area contributed by atoms with Crippen LogP contribution in [0, 0.1) is 0 Å². The van der Waals surface area contributed by atoms with Crippen LogP contribution in [0.15, 0.2) is 48.5 Å². The standard InChI is InChI=1S/C16H11NO3/c18-15-13-9-8-12(10-14(13)16(19)17(15)20)7-6-11-4-2-1-3-5-11/h1-10,20H. The molecule has 0 radical (unpaired) electrons. The molecular formula is C16H11NO3. The molecule has 0 unspecified atom stereocenters. The summed E-state index contributed by atoms with van der Waals surface area (Å²) in [4.78, 5) is 23.2. The Kier molecular flexibility index (Phi) is 2.93. The van der Waals surface area contributed by atoms with Gasteiger partial charge in [0.2, 0.25) is 0 Å². The first kappa shape index (κ1) is 12.3. The van der Waals surface area contributed by atoms with E-state index in [1.54, 1.807) is 18.2 Å². The average Bonchev–Trinajstić information content (AvgIpc) is 2.71. The van der Waals surface area contributed by atoms with Crippen molar-refractivity contribution in [3.63, 3.8) is 0 Å². The highest BCUT2D eigenvalue weighted by Gasteiger charge is 2.34. The first-order valence-electron chi connectivity index (χ1n) is 6.11. The van der Waals surface area contributed by atoms with Crippen molar-refractivity contribution < 1.29 is 14.8 Å². The largest absolute Gasteiger partial charge is 0.285 e. The Balaban J connectivity index is 1.93. The summed E-state index contributed by atoms with van der Waals surface area (Å²) in [6.07, 6.45) is 3.77. The number of imide groups is 1. The van der Waals surface area contributed by atoms with Crippen molar-refractivity contribution in [1.82, 2.24) is 5.06 Å². The lowest BCUT2D eigenvalue weighted by atomic mass is 10.0. The van der Waals surface area contributed by atoms with E-state index in [-0.39, 0.29) is 16.2 Å². The number of amides is 2. The predicted octanol–water partition coefficient (Wildman–Crippen LogP) is 2.84. The summed E-state index contributed by atoms with van der Waals surface area (Å²) in [5.41, 5.74) is 2.30. The molecule has 0 saturated carbocycles. The van der Waals surface area contributed by atoms with Gasteiger partial charge in [-0.05, 0) is 23.3 Å². The fourth-order valence-corrected chi connectivity index (χ4v) is 2.11. The van der Waals surface area contributed by atoms with Gasteiger partial charge in [-0.15, -0.1) is 5.06 Å². The van der Waals surface area contributed by atoms with E-state index in [1.807, 2.05) is 42.5 Å². The minimum absolute atomic E-state index is 0.148. The molecule has 20 heavy (non-hydrogen) atoms. The molecule has 0 aliphatic carbocycles. The number of benzene rings is 2. The molecule has 3 rings (SSSR count). The third kappa shape index (κ3) is 2.02. The van der Waals surface area contributed by atoms with Crippen LogP contribution >= 0.6 is 0 Å². The van der Waals surface area contributed by atoms with Crippen LogP contribution in [0.5, 0.6) is 0 Å². The Labute approximate surface area is 115 Å². The van der Waals surface area contributed by atoms with E-state index in [4.69, 9.17) is 0 Å². The van der Waals surface area contributed by atoms with Crippen LogP contribution in [0.1, 0.15) is 31.8 Å². The lowest BCUT2D eigenvalue weighted by Gasteiger charge is -1.99. The van der Waals surface area contributed by atoms with Crippen molar-refractivity contribution in [2.45, 2.75) is 0 Å². The zero-order chi connectivity index (χ0) is 14.1. The van der Waals surface area contributed by atoms with E-state index in [2.05, 4.69) is 0 Å². The lowest BCUT2D eigenvalue weighted by molar-refractivity contribution is -0.0327. The van der Waals surface area contributed by atoms with Gasteiger partial charge in [-0.3, -0.25) is 14.8 Å². The Bertz CT molecular complexity index is 720. The third-order valence-electron chi connectivity index (χ3n) is 3.16. The highest BCUT2D eigenvalue weighted by Crippen LogP contribution is 2.23. The van der Waals surface area contributed by atoms with E-state index in [1.165, 1.54) is 0 Å². The molecule has 98 valence electrons. The summed E-state index contributed by atoms with van der Waals surface area (Å²) >= 11 is 0. The first-order valence-corrected chi connectivity index (χ1v) is 6.11. The topological polar surface area (TPSA) is 57.6 Å². The SMILES string of the molecule is O=C1c2ccc(C=Cc3ccccc3)cc2C(=O)N1O. The molecule has 4 heteroatoms. The maximum atomic E-state index is 11.7. The highest BCUT2D eigenvalue weighted by molar-refractivity contribution is 6.20. The van der Waals surface area contributed by atoms with Crippen molar-refractivity contribution in [2.75, 3.05) is 0 Å². The summed E-state index contributed by atoms with van der Waals surface area (Å²) in [6.45, 7) is 0. The van der Waals surface area contributed by atoms with Crippen molar-refractivity contribution >= 4 is 24.0 Å². The molecule has 1 aliphatic heterocycles. The van der Waals surface area contributed by atoms with Gasteiger partial charge in [-0.1, -0.05) is 48.6 Å². The molecule has 0 fully saturated rings. The summed E-state index contributed by atoms with van der Waals surface area (Å²) in [7, 11) is 0. The van der Waals surface area contributed by atoms with Gasteiger partial charge in [-0.2, -0.15) is 0 Å². The summed E-state index contributed by atoms with van der Waals surface area (Å²) < 4.78 is 0. The van der Waals surface area contributed by atoms with Gasteiger partial charge in [0, 0.05) is 0 Å². The second-order valence-electron chi connectivity index (χ2n) is 4.47. The van der Waals surface area contributed by atoms with Crippen LogP contribution in [0.25, 0.3) is 12.2 Å². The highest BCUT2D eigenvalue weighted by atomic mass is 16.5. The molecule has 0 saturated heterocycles. The normalized spacial score (nSPS) is 14.2. The molecule has 1 aliphatic rings. The van der Waals surface area contributed by atoms with E-state index in [9.17, 15) is 14.8 Å². The van der Waals surface area contributed by atoms with E-state index < -0.39 is 11.8 Å². The van der Waals surface area contributed by atoms with Crippen LogP contribution in [0.4, 0.5) is 0 Å². The minimum atomic E-state index is -0.681. The summed E-state index contributed by atoms with van der Waals surface area (Å²) in [5, 5.41) is 9.45. The number of carbonyl (C=O) groups excluding carboxylic acids is 2. The van der Waals surface area contributed by atoms with Gasteiger partial charge in [0.1, 0.15) is 0 Å². The van der Waals surface area contributed by atoms with Crippen LogP contribution in [0.2, 0.25) is 0 Å². The van der Waals surface area contributed by atoms with Crippen molar-refractivity contribution in [3.05, 3.63) is 70.8 Å². The molecule has 1 N–H and O–H groups in total. The van der Waals surface area contributed by atoms with E-state index in [0.29, 0.717) is 0 Å². The molecule has 1 heterocycles. The number of hydrogen-bond acceptors (Lipinski definition) is 3. The number of hydroxylamine groups is 2. The Hall–Kier alpha value is -2.72. The molecule has 2 aromatic carbocycles. The van der Waals surface area contributed by atoms with Gasteiger partial charge >= 0.3 is 0 Å². The quantitative estimate of drug-likeness (QED) is 0.516. The average molecular weight is 265 g/mol. The first-order chi connectivity index (χ1) is 9.66. The Morgan fingerprint density at radius 3 is 2.20 bits per heavy atom. The van der Waals surface area contributed by atoms with Crippen molar-refractivity contribution in [3.8, 4) is 0 Å².